The number of halogens is 2. The average molecular weight is 326 g/mol. The van der Waals surface area contributed by atoms with Crippen molar-refractivity contribution < 1.29 is 9.13 Å². The van der Waals surface area contributed by atoms with Crippen molar-refractivity contribution in [1.29, 1.82) is 0 Å². The second kappa shape index (κ2) is 6.86. The monoisotopic (exact) mass is 325 g/mol. The normalized spacial score (nSPS) is 14.6. The van der Waals surface area contributed by atoms with E-state index in [4.69, 9.17) is 16.3 Å². The van der Waals surface area contributed by atoms with E-state index in [1.54, 1.807) is 6.07 Å². The molecule has 0 saturated heterocycles. The minimum Gasteiger partial charge on any atom is -0.377 e. The summed E-state index contributed by atoms with van der Waals surface area (Å²) < 4.78 is 19.6. The maximum Gasteiger partial charge on any atom is 0.129 e. The molecule has 0 amide bonds. The van der Waals surface area contributed by atoms with E-state index in [1.807, 2.05) is 11.4 Å². The molecule has 0 radical (unpaired) electrons. The fourth-order valence-electron chi connectivity index (χ4n) is 2.14. The zero-order valence-corrected chi connectivity index (χ0v) is 13.2. The molecule has 0 aliphatic heterocycles. The summed E-state index contributed by atoms with van der Waals surface area (Å²) in [6, 6.07) is 5.19. The van der Waals surface area contributed by atoms with Crippen LogP contribution in [0, 0.1) is 11.7 Å². The van der Waals surface area contributed by atoms with Crippen LogP contribution in [0.3, 0.4) is 0 Å². The highest BCUT2D eigenvalue weighted by atomic mass is 35.5. The Morgan fingerprint density at radius 2 is 2.24 bits per heavy atom. The van der Waals surface area contributed by atoms with E-state index >= 15 is 0 Å². The number of hydrogen-bond acceptors (Lipinski definition) is 3. The van der Waals surface area contributed by atoms with Gasteiger partial charge >= 0.3 is 0 Å². The van der Waals surface area contributed by atoms with Crippen molar-refractivity contribution in [3.8, 4) is 10.6 Å². The van der Waals surface area contributed by atoms with Crippen LogP contribution in [0.1, 0.15) is 30.5 Å². The molecule has 2 aromatic rings. The maximum absolute atomic E-state index is 14.1. The molecule has 2 nitrogen and oxygen atoms in total. The van der Waals surface area contributed by atoms with Crippen molar-refractivity contribution in [3.05, 3.63) is 40.7 Å². The van der Waals surface area contributed by atoms with Gasteiger partial charge in [0.15, 0.2) is 0 Å². The summed E-state index contributed by atoms with van der Waals surface area (Å²) in [4.78, 5) is 4.36. The Balaban J connectivity index is 1.61. The Kier molecular flexibility index (Phi) is 4.88. The molecule has 1 aromatic heterocycles. The summed E-state index contributed by atoms with van der Waals surface area (Å²) in [6.07, 6.45) is 3.75. The molecule has 1 aromatic carbocycles. The molecule has 0 spiro atoms. The molecule has 1 heterocycles. The first-order valence-electron chi connectivity index (χ1n) is 7.13. The van der Waals surface area contributed by atoms with Gasteiger partial charge in [0.2, 0.25) is 0 Å². The van der Waals surface area contributed by atoms with Gasteiger partial charge < -0.3 is 4.74 Å². The van der Waals surface area contributed by atoms with Gasteiger partial charge in [0.25, 0.3) is 0 Å². The van der Waals surface area contributed by atoms with Crippen molar-refractivity contribution in [3.63, 3.8) is 0 Å². The van der Waals surface area contributed by atoms with Gasteiger partial charge in [-0.05, 0) is 18.4 Å². The lowest BCUT2D eigenvalue weighted by atomic mass is 10.1. The predicted octanol–water partition coefficient (Wildman–Crippen LogP) is 5.00. The Morgan fingerprint density at radius 1 is 1.38 bits per heavy atom. The number of alkyl halides is 1. The summed E-state index contributed by atoms with van der Waals surface area (Å²) in [5, 5.41) is 2.69. The molecular weight excluding hydrogens is 309 g/mol. The van der Waals surface area contributed by atoms with Crippen LogP contribution < -0.4 is 0 Å². The average Bonchev–Trinajstić information content (AvgIpc) is 3.19. The highest BCUT2D eigenvalue weighted by Crippen LogP contribution is 2.32. The molecule has 1 saturated carbocycles. The molecule has 0 atom stereocenters. The summed E-state index contributed by atoms with van der Waals surface area (Å²) in [7, 11) is 0. The third-order valence-corrected chi connectivity index (χ3v) is 4.83. The maximum atomic E-state index is 14.1. The molecule has 5 heteroatoms. The van der Waals surface area contributed by atoms with Crippen LogP contribution in [0.4, 0.5) is 4.39 Å². The standard InChI is InChI=1S/C16H17ClFNOS/c17-8-14-10-21-16(19-14)12-3-4-13(15(18)7-12)9-20-6-5-11-1-2-11/h3-4,7,10-11H,1-2,5-6,8-9H2. The molecule has 1 aliphatic rings. The van der Waals surface area contributed by atoms with Crippen molar-refractivity contribution >= 4 is 22.9 Å². The number of ether oxygens (including phenoxy) is 1. The lowest BCUT2D eigenvalue weighted by molar-refractivity contribution is 0.113. The molecule has 1 fully saturated rings. The summed E-state index contributed by atoms with van der Waals surface area (Å²) >= 11 is 7.22. The molecule has 1 aliphatic carbocycles. The number of rotatable bonds is 7. The van der Waals surface area contributed by atoms with E-state index in [2.05, 4.69) is 4.98 Å². The Bertz CT molecular complexity index is 612. The minimum atomic E-state index is -0.235. The third kappa shape index (κ3) is 4.02. The topological polar surface area (TPSA) is 22.1 Å². The van der Waals surface area contributed by atoms with Crippen molar-refractivity contribution in [1.82, 2.24) is 4.98 Å². The van der Waals surface area contributed by atoms with Gasteiger partial charge in [0, 0.05) is 23.1 Å². The van der Waals surface area contributed by atoms with E-state index in [9.17, 15) is 4.39 Å². The summed E-state index contributed by atoms with van der Waals surface area (Å²) in [5.74, 6) is 0.992. The smallest absolute Gasteiger partial charge is 0.129 e. The fourth-order valence-corrected chi connectivity index (χ4v) is 3.18. The highest BCUT2D eigenvalue weighted by molar-refractivity contribution is 7.13. The number of thiazole rings is 1. The second-order valence-electron chi connectivity index (χ2n) is 5.37. The van der Waals surface area contributed by atoms with Crippen LogP contribution >= 0.6 is 22.9 Å². The highest BCUT2D eigenvalue weighted by Gasteiger charge is 2.20. The fraction of sp³-hybridized carbons (Fsp3) is 0.438. The van der Waals surface area contributed by atoms with Crippen LogP contribution in [0.5, 0.6) is 0 Å². The molecular formula is C16H17ClFNOS. The van der Waals surface area contributed by atoms with Crippen molar-refractivity contribution in [2.45, 2.75) is 31.7 Å². The molecule has 3 rings (SSSR count). The lowest BCUT2D eigenvalue weighted by Crippen LogP contribution is -1.99. The van der Waals surface area contributed by atoms with Crippen molar-refractivity contribution in [2.75, 3.05) is 6.61 Å². The number of nitrogens with zero attached hydrogens (tertiary/aromatic N) is 1. The Hall–Kier alpha value is -0.970. The molecule has 0 N–H and O–H groups in total. The van der Waals surface area contributed by atoms with Crippen LogP contribution in [0.2, 0.25) is 0 Å². The van der Waals surface area contributed by atoms with Gasteiger partial charge in [0.1, 0.15) is 10.8 Å². The van der Waals surface area contributed by atoms with E-state index < -0.39 is 0 Å². The van der Waals surface area contributed by atoms with Crippen LogP contribution in [-0.4, -0.2) is 11.6 Å². The van der Waals surface area contributed by atoms with Gasteiger partial charge in [-0.2, -0.15) is 0 Å². The molecule has 112 valence electrons. The molecule has 0 bridgehead atoms. The van der Waals surface area contributed by atoms with E-state index in [1.165, 1.54) is 30.2 Å². The molecule has 0 unspecified atom stereocenters. The van der Waals surface area contributed by atoms with Gasteiger partial charge in [0.05, 0.1) is 18.2 Å². The minimum absolute atomic E-state index is 0.235. The summed E-state index contributed by atoms with van der Waals surface area (Å²) in [5.41, 5.74) is 2.21. The zero-order chi connectivity index (χ0) is 14.7. The van der Waals surface area contributed by atoms with E-state index in [0.717, 1.165) is 35.2 Å². The van der Waals surface area contributed by atoms with Crippen LogP contribution in [0.25, 0.3) is 10.6 Å². The van der Waals surface area contributed by atoms with Gasteiger partial charge in [-0.15, -0.1) is 22.9 Å². The Morgan fingerprint density at radius 3 is 2.90 bits per heavy atom. The Labute approximate surface area is 132 Å². The second-order valence-corrected chi connectivity index (χ2v) is 6.49. The predicted molar refractivity (Wildman–Crippen MR) is 84.1 cm³/mol. The van der Waals surface area contributed by atoms with Gasteiger partial charge in [-0.25, -0.2) is 9.37 Å². The van der Waals surface area contributed by atoms with Gasteiger partial charge in [-0.3, -0.25) is 0 Å². The first kappa shape index (κ1) is 14.9. The number of aromatic nitrogens is 1. The van der Waals surface area contributed by atoms with Crippen LogP contribution in [-0.2, 0) is 17.2 Å². The van der Waals surface area contributed by atoms with E-state index in [0.29, 0.717) is 18.1 Å². The van der Waals surface area contributed by atoms with Crippen LogP contribution in [0.15, 0.2) is 23.6 Å². The third-order valence-electron chi connectivity index (χ3n) is 3.61. The zero-order valence-electron chi connectivity index (χ0n) is 11.6. The van der Waals surface area contributed by atoms with Crippen molar-refractivity contribution in [2.24, 2.45) is 5.92 Å². The van der Waals surface area contributed by atoms with E-state index in [-0.39, 0.29) is 5.82 Å². The first-order chi connectivity index (χ1) is 10.3. The lowest BCUT2D eigenvalue weighted by Gasteiger charge is -2.06. The largest absolute Gasteiger partial charge is 0.377 e. The van der Waals surface area contributed by atoms with Gasteiger partial charge in [-0.1, -0.05) is 25.0 Å². The quantitative estimate of drug-likeness (QED) is 0.527. The SMILES string of the molecule is Fc1cc(-c2nc(CCl)cs2)ccc1COCCC1CC1. The molecule has 21 heavy (non-hydrogen) atoms. The number of benzene rings is 1. The summed E-state index contributed by atoms with van der Waals surface area (Å²) in [6.45, 7) is 1.06. The first-order valence-corrected chi connectivity index (χ1v) is 8.54. The number of hydrogen-bond donors (Lipinski definition) is 0.